The number of aromatic amines is 1. The van der Waals surface area contributed by atoms with E-state index in [1.54, 1.807) is 12.5 Å². The van der Waals surface area contributed by atoms with Gasteiger partial charge in [0.1, 0.15) is 12.1 Å². The Kier molecular flexibility index (Phi) is 6.49. The topological polar surface area (TPSA) is 92.3 Å². The molecule has 0 aliphatic heterocycles. The lowest BCUT2D eigenvalue weighted by Crippen LogP contribution is -2.16. The molecule has 0 amide bonds. The number of H-pyrrole nitrogens is 1. The van der Waals surface area contributed by atoms with E-state index in [-0.39, 0.29) is 5.92 Å². The number of fused-ring (bicyclic) bond motifs is 1. The van der Waals surface area contributed by atoms with Crippen LogP contribution in [0, 0.1) is 6.92 Å². The van der Waals surface area contributed by atoms with Crippen LogP contribution in [0.4, 0.5) is 5.82 Å². The fourth-order valence-corrected chi connectivity index (χ4v) is 4.79. The van der Waals surface area contributed by atoms with Crippen molar-refractivity contribution in [1.29, 1.82) is 0 Å². The van der Waals surface area contributed by atoms with E-state index in [1.807, 2.05) is 61.4 Å². The Morgan fingerprint density at radius 3 is 2.74 bits per heavy atom. The molecule has 0 saturated heterocycles. The van der Waals surface area contributed by atoms with E-state index in [1.165, 1.54) is 5.56 Å². The molecule has 0 spiro atoms. The highest BCUT2D eigenvalue weighted by Gasteiger charge is 2.17. The SMILES string of the molecule is CSCC(CNc1cc(-c2ccc(C)nc2)ncn1)c1cccc2c(-c3ccn[nH]3)ccnc12. The number of nitrogens with one attached hydrogen (secondary N) is 2. The van der Waals surface area contributed by atoms with Crippen molar-refractivity contribution in [3.63, 3.8) is 0 Å². The van der Waals surface area contributed by atoms with Crippen LogP contribution in [0.5, 0.6) is 0 Å². The van der Waals surface area contributed by atoms with E-state index in [4.69, 9.17) is 4.98 Å². The van der Waals surface area contributed by atoms with Crippen LogP contribution in [-0.4, -0.2) is 48.7 Å². The summed E-state index contributed by atoms with van der Waals surface area (Å²) >= 11 is 1.83. The van der Waals surface area contributed by atoms with Gasteiger partial charge >= 0.3 is 0 Å². The smallest absolute Gasteiger partial charge is 0.129 e. The molecular formula is C26H25N7S. The summed E-state index contributed by atoms with van der Waals surface area (Å²) in [6.07, 6.45) is 9.22. The average Bonchev–Trinajstić information content (AvgIpc) is 3.41. The summed E-state index contributed by atoms with van der Waals surface area (Å²) in [5.74, 6) is 2.01. The zero-order chi connectivity index (χ0) is 23.3. The van der Waals surface area contributed by atoms with Gasteiger partial charge in [0.05, 0.1) is 16.9 Å². The Labute approximate surface area is 202 Å². The third-order valence-corrected chi connectivity index (χ3v) is 6.54. The quantitative estimate of drug-likeness (QED) is 0.318. The minimum absolute atomic E-state index is 0.252. The van der Waals surface area contributed by atoms with Gasteiger partial charge in [-0.05, 0) is 43.0 Å². The standard InChI is InChI=1S/C26H25N7S/c1-17-6-7-18(13-28-17)24-12-25(31-16-30-24)29-14-19(15-34-2)20-4-3-5-22-21(8-10-27-26(20)22)23-9-11-32-33-23/h3-13,16,19H,14-15H2,1-2H3,(H,32,33)(H,29,30,31). The molecule has 0 aliphatic rings. The summed E-state index contributed by atoms with van der Waals surface area (Å²) in [4.78, 5) is 18.0. The minimum atomic E-state index is 0.252. The van der Waals surface area contributed by atoms with Crippen molar-refractivity contribution in [2.75, 3.05) is 23.9 Å². The van der Waals surface area contributed by atoms with E-state index in [2.05, 4.69) is 54.9 Å². The number of hydrogen-bond acceptors (Lipinski definition) is 7. The van der Waals surface area contributed by atoms with Crippen LogP contribution in [0.2, 0.25) is 0 Å². The van der Waals surface area contributed by atoms with Gasteiger partial charge in [-0.3, -0.25) is 15.1 Å². The van der Waals surface area contributed by atoms with Gasteiger partial charge in [-0.15, -0.1) is 0 Å². The van der Waals surface area contributed by atoms with E-state index in [9.17, 15) is 0 Å². The molecule has 0 fully saturated rings. The first-order valence-electron chi connectivity index (χ1n) is 11.1. The molecule has 8 heteroatoms. The minimum Gasteiger partial charge on any atom is -0.369 e. The van der Waals surface area contributed by atoms with Crippen molar-refractivity contribution in [1.82, 2.24) is 30.1 Å². The Morgan fingerprint density at radius 2 is 1.94 bits per heavy atom. The van der Waals surface area contributed by atoms with E-state index in [0.29, 0.717) is 0 Å². The molecule has 5 aromatic rings. The molecule has 0 saturated carbocycles. The number of thioether (sulfide) groups is 1. The molecular weight excluding hydrogens is 442 g/mol. The van der Waals surface area contributed by atoms with Gasteiger partial charge in [-0.25, -0.2) is 9.97 Å². The van der Waals surface area contributed by atoms with Crippen LogP contribution in [0.25, 0.3) is 33.4 Å². The number of hydrogen-bond donors (Lipinski definition) is 2. The fraction of sp³-hybridized carbons (Fsp3) is 0.192. The second kappa shape index (κ2) is 10.0. The fourth-order valence-electron chi connectivity index (χ4n) is 4.09. The number of aryl methyl sites for hydroxylation is 1. The Balaban J connectivity index is 1.43. The highest BCUT2D eigenvalue weighted by Crippen LogP contribution is 2.32. The Hall–Kier alpha value is -3.78. The molecule has 170 valence electrons. The van der Waals surface area contributed by atoms with Gasteiger partial charge in [0, 0.05) is 65.1 Å². The summed E-state index contributed by atoms with van der Waals surface area (Å²) in [5.41, 5.74) is 7.14. The molecule has 5 rings (SSSR count). The van der Waals surface area contributed by atoms with Gasteiger partial charge in [-0.2, -0.15) is 16.9 Å². The molecule has 0 aliphatic carbocycles. The summed E-state index contributed by atoms with van der Waals surface area (Å²) < 4.78 is 0. The van der Waals surface area contributed by atoms with Gasteiger partial charge in [0.25, 0.3) is 0 Å². The lowest BCUT2D eigenvalue weighted by atomic mass is 9.95. The van der Waals surface area contributed by atoms with Crippen LogP contribution in [0.15, 0.2) is 73.4 Å². The molecule has 1 aromatic carbocycles. The second-order valence-electron chi connectivity index (χ2n) is 8.08. The first kappa shape index (κ1) is 22.0. The highest BCUT2D eigenvalue weighted by atomic mass is 32.2. The van der Waals surface area contributed by atoms with Gasteiger partial charge in [0.15, 0.2) is 0 Å². The normalized spacial score (nSPS) is 12.1. The van der Waals surface area contributed by atoms with Crippen molar-refractivity contribution in [3.8, 4) is 22.5 Å². The van der Waals surface area contributed by atoms with Crippen molar-refractivity contribution in [2.45, 2.75) is 12.8 Å². The van der Waals surface area contributed by atoms with Crippen LogP contribution in [0.1, 0.15) is 17.2 Å². The molecule has 34 heavy (non-hydrogen) atoms. The van der Waals surface area contributed by atoms with Gasteiger partial charge in [-0.1, -0.05) is 18.2 Å². The van der Waals surface area contributed by atoms with Crippen molar-refractivity contribution >= 4 is 28.5 Å². The molecule has 0 bridgehead atoms. The Morgan fingerprint density at radius 1 is 1.00 bits per heavy atom. The summed E-state index contributed by atoms with van der Waals surface area (Å²) in [7, 11) is 0. The van der Waals surface area contributed by atoms with E-state index in [0.717, 1.165) is 57.2 Å². The lowest BCUT2D eigenvalue weighted by Gasteiger charge is -2.19. The molecule has 4 aromatic heterocycles. The van der Waals surface area contributed by atoms with Crippen LogP contribution in [-0.2, 0) is 0 Å². The van der Waals surface area contributed by atoms with Crippen molar-refractivity contribution < 1.29 is 0 Å². The third-order valence-electron chi connectivity index (χ3n) is 5.80. The number of benzene rings is 1. The first-order valence-corrected chi connectivity index (χ1v) is 12.5. The number of anilines is 1. The number of aromatic nitrogens is 6. The molecule has 1 unspecified atom stereocenters. The number of nitrogens with zero attached hydrogens (tertiary/aromatic N) is 5. The maximum atomic E-state index is 4.77. The predicted octanol–water partition coefficient (Wildman–Crippen LogP) is 5.34. The number of rotatable bonds is 8. The van der Waals surface area contributed by atoms with Gasteiger partial charge in [0.2, 0.25) is 0 Å². The zero-order valence-electron chi connectivity index (χ0n) is 19.1. The summed E-state index contributed by atoms with van der Waals surface area (Å²) in [6.45, 7) is 2.71. The maximum absolute atomic E-state index is 4.77. The zero-order valence-corrected chi connectivity index (χ0v) is 19.9. The van der Waals surface area contributed by atoms with Crippen LogP contribution in [0.3, 0.4) is 0 Å². The Bertz CT molecular complexity index is 1380. The molecule has 0 radical (unpaired) electrons. The molecule has 1 atom stereocenters. The average molecular weight is 468 g/mol. The summed E-state index contributed by atoms with van der Waals surface area (Å²) in [6, 6.07) is 16.4. The third kappa shape index (κ3) is 4.63. The molecule has 7 nitrogen and oxygen atoms in total. The lowest BCUT2D eigenvalue weighted by molar-refractivity contribution is 0.818. The van der Waals surface area contributed by atoms with Crippen molar-refractivity contribution in [2.24, 2.45) is 0 Å². The predicted molar refractivity (Wildman–Crippen MR) is 139 cm³/mol. The highest BCUT2D eigenvalue weighted by molar-refractivity contribution is 7.98. The van der Waals surface area contributed by atoms with Crippen molar-refractivity contribution in [3.05, 3.63) is 84.7 Å². The van der Waals surface area contributed by atoms with E-state index >= 15 is 0 Å². The van der Waals surface area contributed by atoms with Crippen LogP contribution < -0.4 is 5.32 Å². The van der Waals surface area contributed by atoms with Crippen LogP contribution >= 0.6 is 11.8 Å². The summed E-state index contributed by atoms with van der Waals surface area (Å²) in [5, 5.41) is 11.8. The molecule has 2 N–H and O–H groups in total. The maximum Gasteiger partial charge on any atom is 0.129 e. The molecule has 4 heterocycles. The monoisotopic (exact) mass is 467 g/mol. The first-order chi connectivity index (χ1) is 16.7. The largest absolute Gasteiger partial charge is 0.369 e. The number of pyridine rings is 2. The second-order valence-corrected chi connectivity index (χ2v) is 8.99. The van der Waals surface area contributed by atoms with Gasteiger partial charge < -0.3 is 5.32 Å². The van der Waals surface area contributed by atoms with E-state index < -0.39 is 0 Å². The number of para-hydroxylation sites is 1.